The second-order valence-electron chi connectivity index (χ2n) is 6.04. The molecule has 0 aliphatic carbocycles. The van der Waals surface area contributed by atoms with Crippen LogP contribution in [0.5, 0.6) is 0 Å². The third-order valence-electron chi connectivity index (χ3n) is 4.35. The number of aliphatic imine (C=N–C) groups is 1. The van der Waals surface area contributed by atoms with E-state index in [9.17, 15) is 18.0 Å². The minimum atomic E-state index is -4.64. The average molecular weight is 367 g/mol. The van der Waals surface area contributed by atoms with E-state index in [1.54, 1.807) is 0 Å². The molecule has 1 saturated heterocycles. The molecule has 0 saturated carbocycles. The number of carbonyl (C=O) groups excluding carboxylic acids is 1. The smallest absolute Gasteiger partial charge is 0.432 e. The number of halogens is 3. The van der Waals surface area contributed by atoms with Gasteiger partial charge in [0.15, 0.2) is 12.2 Å². The predicted octanol–water partition coefficient (Wildman–Crippen LogP) is 2.72. The van der Waals surface area contributed by atoms with E-state index >= 15 is 0 Å². The molecule has 0 bridgehead atoms. The van der Waals surface area contributed by atoms with E-state index < -0.39 is 22.3 Å². The first kappa shape index (κ1) is 16.7. The Kier molecular flexibility index (Phi) is 3.81. The number of alkyl halides is 3. The molecule has 136 valence electrons. The van der Waals surface area contributed by atoms with Crippen LogP contribution in [0.25, 0.3) is 5.57 Å². The maximum Gasteiger partial charge on any atom is 0.432 e. The molecule has 3 aliphatic heterocycles. The predicted molar refractivity (Wildman–Crippen MR) is 83.2 cm³/mol. The van der Waals surface area contributed by atoms with E-state index in [0.717, 1.165) is 18.7 Å². The lowest BCUT2D eigenvalue weighted by Crippen LogP contribution is -2.56. The van der Waals surface area contributed by atoms with Crippen LogP contribution in [0.4, 0.5) is 18.0 Å². The summed E-state index contributed by atoms with van der Waals surface area (Å²) in [5.74, 6) is 0.216. The molecular weight excluding hydrogens is 353 g/mol. The van der Waals surface area contributed by atoms with Crippen LogP contribution in [0.1, 0.15) is 12.2 Å². The van der Waals surface area contributed by atoms with Crippen molar-refractivity contribution in [2.45, 2.75) is 18.6 Å². The largest absolute Gasteiger partial charge is 0.443 e. The highest BCUT2D eigenvalue weighted by molar-refractivity contribution is 6.23. The topological polar surface area (TPSA) is 76.7 Å². The van der Waals surface area contributed by atoms with Crippen molar-refractivity contribution < 1.29 is 31.6 Å². The fraction of sp³-hybridized carbons (Fsp3) is 0.312. The van der Waals surface area contributed by atoms with E-state index in [2.05, 4.69) is 15.3 Å². The first-order valence-corrected chi connectivity index (χ1v) is 7.84. The lowest BCUT2D eigenvalue weighted by molar-refractivity contribution is -0.636. The summed E-state index contributed by atoms with van der Waals surface area (Å²) in [6.07, 6.45) is 2.70. The van der Waals surface area contributed by atoms with Gasteiger partial charge < -0.3 is 9.15 Å². The van der Waals surface area contributed by atoms with Crippen molar-refractivity contribution in [2.75, 3.05) is 13.2 Å². The van der Waals surface area contributed by atoms with Crippen LogP contribution in [-0.4, -0.2) is 46.8 Å². The first-order valence-electron chi connectivity index (χ1n) is 7.84. The molecule has 0 aromatic carbocycles. The Morgan fingerprint density at radius 3 is 2.88 bits per heavy atom. The number of rotatable bonds is 2. The van der Waals surface area contributed by atoms with Crippen molar-refractivity contribution in [3.05, 3.63) is 48.6 Å². The van der Waals surface area contributed by atoms with Gasteiger partial charge in [0, 0.05) is 6.61 Å². The fourth-order valence-corrected chi connectivity index (χ4v) is 3.06. The van der Waals surface area contributed by atoms with Gasteiger partial charge in [0.25, 0.3) is 5.84 Å². The number of hydrogen-bond acceptors (Lipinski definition) is 5. The molecular formula is C16H14F3N4O3+. The molecule has 2 amide bonds. The quantitative estimate of drug-likeness (QED) is 0.816. The van der Waals surface area contributed by atoms with E-state index in [0.29, 0.717) is 19.6 Å². The number of hydrogen-bond donors (Lipinski definition) is 1. The number of nitrogens with one attached hydrogen (secondary N) is 1. The highest BCUT2D eigenvalue weighted by atomic mass is 19.4. The number of allylic oxidation sites excluding steroid dienone is 2. The number of urea groups is 1. The molecule has 1 N–H and O–H groups in total. The molecule has 4 rings (SSSR count). The summed E-state index contributed by atoms with van der Waals surface area (Å²) < 4.78 is 49.9. The number of amidine groups is 1. The Morgan fingerprint density at radius 2 is 2.23 bits per heavy atom. The highest BCUT2D eigenvalue weighted by Crippen LogP contribution is 2.39. The number of aromatic nitrogens is 1. The van der Waals surface area contributed by atoms with Crippen molar-refractivity contribution in [1.82, 2.24) is 10.3 Å². The number of fused-ring (bicyclic) bond motifs is 1. The zero-order valence-corrected chi connectivity index (χ0v) is 13.4. The molecule has 3 aliphatic rings. The molecule has 0 radical (unpaired) electrons. The maximum atomic E-state index is 13.5. The molecule has 26 heavy (non-hydrogen) atoms. The Hall–Kier alpha value is -2.72. The lowest BCUT2D eigenvalue weighted by Gasteiger charge is -2.30. The third-order valence-corrected chi connectivity index (χ3v) is 4.35. The molecule has 2 atom stereocenters. The van der Waals surface area contributed by atoms with Crippen LogP contribution in [0.15, 0.2) is 52.2 Å². The molecule has 1 fully saturated rings. The molecule has 0 spiro atoms. The fourth-order valence-electron chi connectivity index (χ4n) is 3.06. The summed E-state index contributed by atoms with van der Waals surface area (Å²) in [6, 6.07) is -0.896. The minimum absolute atomic E-state index is 0.0557. The van der Waals surface area contributed by atoms with Gasteiger partial charge in [-0.05, 0) is 12.5 Å². The van der Waals surface area contributed by atoms with Crippen molar-refractivity contribution in [2.24, 2.45) is 4.99 Å². The Morgan fingerprint density at radius 1 is 1.38 bits per heavy atom. The summed E-state index contributed by atoms with van der Waals surface area (Å²) in [6.45, 7) is 0.817. The van der Waals surface area contributed by atoms with Gasteiger partial charge in [0.2, 0.25) is 0 Å². The highest BCUT2D eigenvalue weighted by Gasteiger charge is 2.52. The monoisotopic (exact) mass is 367 g/mol. The number of ether oxygens (including phenoxy) is 1. The summed E-state index contributed by atoms with van der Waals surface area (Å²) >= 11 is 0. The van der Waals surface area contributed by atoms with Gasteiger partial charge in [-0.2, -0.15) is 18.2 Å². The number of carbonyl (C=O) groups is 1. The SMILES string of the molecule is O=C(N[C@@H]1CCOC1)[N+]12C=CN=C1C(c1cnco1)=CC(C(F)(F)F)=C2. The maximum absolute atomic E-state index is 13.5. The number of oxazole rings is 1. The molecule has 10 heteroatoms. The standard InChI is InChI=1S/C16H13F3N4O3/c17-16(18,19)10-5-12(13-6-20-9-26-13)14-21-2-3-23(14,7-10)15(24)22-11-1-4-25-8-11/h2-3,5-7,9,11H,1,4,8H2/p+1/t11-,23?/m1/s1. The molecule has 7 nitrogen and oxygen atoms in total. The number of nitrogens with zero attached hydrogens (tertiary/aromatic N) is 3. The number of amides is 2. The van der Waals surface area contributed by atoms with Crippen LogP contribution >= 0.6 is 0 Å². The van der Waals surface area contributed by atoms with Crippen molar-refractivity contribution >= 4 is 17.4 Å². The van der Waals surface area contributed by atoms with Crippen molar-refractivity contribution in [1.29, 1.82) is 0 Å². The summed E-state index contributed by atoms with van der Waals surface area (Å²) in [5, 5.41) is 2.74. The van der Waals surface area contributed by atoms with Gasteiger partial charge >= 0.3 is 12.2 Å². The molecule has 1 aromatic heterocycles. The van der Waals surface area contributed by atoms with Crippen molar-refractivity contribution in [3.63, 3.8) is 0 Å². The van der Waals surface area contributed by atoms with E-state index in [4.69, 9.17) is 9.15 Å². The van der Waals surface area contributed by atoms with Crippen LogP contribution in [0.3, 0.4) is 0 Å². The van der Waals surface area contributed by atoms with Gasteiger partial charge in [-0.15, -0.1) is 4.48 Å². The van der Waals surface area contributed by atoms with Crippen LogP contribution in [0, 0.1) is 0 Å². The van der Waals surface area contributed by atoms with Crippen LogP contribution in [-0.2, 0) is 4.74 Å². The zero-order valence-electron chi connectivity index (χ0n) is 13.4. The zero-order chi connectivity index (χ0) is 18.4. The summed E-state index contributed by atoms with van der Waals surface area (Å²) in [4.78, 5) is 20.8. The average Bonchev–Trinajstić information content (AvgIpc) is 3.34. The second kappa shape index (κ2) is 5.92. The van der Waals surface area contributed by atoms with Crippen LogP contribution in [0.2, 0.25) is 0 Å². The second-order valence-corrected chi connectivity index (χ2v) is 6.04. The third kappa shape index (κ3) is 2.67. The normalized spacial score (nSPS) is 27.7. The van der Waals surface area contributed by atoms with E-state index in [1.807, 2.05) is 0 Å². The minimum Gasteiger partial charge on any atom is -0.443 e. The van der Waals surface area contributed by atoms with Gasteiger partial charge in [-0.1, -0.05) is 0 Å². The Labute approximate surface area is 145 Å². The lowest BCUT2D eigenvalue weighted by atomic mass is 10.0. The van der Waals surface area contributed by atoms with Gasteiger partial charge in [0.05, 0.1) is 25.0 Å². The Bertz CT molecular complexity index is 849. The van der Waals surface area contributed by atoms with E-state index in [-0.39, 0.29) is 23.2 Å². The summed E-state index contributed by atoms with van der Waals surface area (Å²) in [5.41, 5.74) is -0.910. The van der Waals surface area contributed by atoms with Gasteiger partial charge in [-0.3, -0.25) is 5.32 Å². The number of quaternary nitrogens is 1. The van der Waals surface area contributed by atoms with Gasteiger partial charge in [-0.25, -0.2) is 9.78 Å². The first-order chi connectivity index (χ1) is 12.4. The molecule has 1 aromatic rings. The van der Waals surface area contributed by atoms with Crippen LogP contribution < -0.4 is 5.32 Å². The van der Waals surface area contributed by atoms with Gasteiger partial charge in [0.1, 0.15) is 23.5 Å². The Balaban J connectivity index is 1.78. The molecule has 1 unspecified atom stereocenters. The summed E-state index contributed by atoms with van der Waals surface area (Å²) in [7, 11) is 0. The van der Waals surface area contributed by atoms with Crippen molar-refractivity contribution in [3.8, 4) is 0 Å². The molecule has 4 heterocycles. The van der Waals surface area contributed by atoms with E-state index in [1.165, 1.54) is 18.6 Å².